The molecule has 1 unspecified atom stereocenters. The Morgan fingerprint density at radius 3 is 2.39 bits per heavy atom. The molecule has 1 aromatic heterocycles. The van der Waals surface area contributed by atoms with Crippen LogP contribution in [0.15, 0.2) is 71.5 Å². The van der Waals surface area contributed by atoms with E-state index in [0.717, 1.165) is 28.1 Å². The SMILES string of the molecule is Cc1ccc(-n2c(C(C)N(C)C(=O)Nc3ccccc3C)nc3ccccc3c2=O)c(C)c1. The summed E-state index contributed by atoms with van der Waals surface area (Å²) in [6.45, 7) is 7.83. The van der Waals surface area contributed by atoms with Gasteiger partial charge in [-0.05, 0) is 63.1 Å². The van der Waals surface area contributed by atoms with Crippen molar-refractivity contribution in [2.75, 3.05) is 12.4 Å². The summed E-state index contributed by atoms with van der Waals surface area (Å²) in [6.07, 6.45) is 0. The minimum atomic E-state index is -0.466. The highest BCUT2D eigenvalue weighted by molar-refractivity contribution is 5.90. The van der Waals surface area contributed by atoms with Crippen LogP contribution in [0.25, 0.3) is 16.6 Å². The van der Waals surface area contributed by atoms with Gasteiger partial charge in [-0.3, -0.25) is 9.36 Å². The van der Waals surface area contributed by atoms with E-state index < -0.39 is 6.04 Å². The number of hydrogen-bond donors (Lipinski definition) is 1. The lowest BCUT2D eigenvalue weighted by Crippen LogP contribution is -2.37. The van der Waals surface area contributed by atoms with E-state index in [9.17, 15) is 9.59 Å². The Morgan fingerprint density at radius 1 is 0.970 bits per heavy atom. The molecule has 0 saturated carbocycles. The number of aryl methyl sites for hydroxylation is 3. The highest BCUT2D eigenvalue weighted by Gasteiger charge is 2.25. The topological polar surface area (TPSA) is 67.2 Å². The number of amides is 2. The molecular formula is C27H28N4O2. The Balaban J connectivity index is 1.82. The number of anilines is 1. The molecule has 0 bridgehead atoms. The number of fused-ring (bicyclic) bond motifs is 1. The average Bonchev–Trinajstić information content (AvgIpc) is 2.80. The molecule has 0 spiro atoms. The first-order chi connectivity index (χ1) is 15.8. The standard InChI is InChI=1S/C27H28N4O2/c1-17-14-15-24(19(3)16-17)31-25(28-23-13-9-7-11-21(23)26(31)32)20(4)30(5)27(33)29-22-12-8-6-10-18(22)2/h6-16,20H,1-5H3,(H,29,33). The molecule has 168 valence electrons. The largest absolute Gasteiger partial charge is 0.322 e. The lowest BCUT2D eigenvalue weighted by Gasteiger charge is -2.28. The summed E-state index contributed by atoms with van der Waals surface area (Å²) in [6, 6.07) is 20.2. The molecule has 6 heteroatoms. The highest BCUT2D eigenvalue weighted by atomic mass is 16.2. The molecule has 2 amide bonds. The van der Waals surface area contributed by atoms with E-state index in [0.29, 0.717) is 16.7 Å². The Bertz CT molecular complexity index is 1410. The number of nitrogens with zero attached hydrogens (tertiary/aromatic N) is 3. The second-order valence-electron chi connectivity index (χ2n) is 8.45. The Kier molecular flexibility index (Phi) is 6.01. The van der Waals surface area contributed by atoms with Crippen LogP contribution < -0.4 is 10.9 Å². The van der Waals surface area contributed by atoms with Crippen LogP contribution in [0.5, 0.6) is 0 Å². The number of nitrogens with one attached hydrogen (secondary N) is 1. The second kappa shape index (κ2) is 8.90. The first kappa shape index (κ1) is 22.3. The predicted molar refractivity (Wildman–Crippen MR) is 133 cm³/mol. The van der Waals surface area contributed by atoms with Crippen LogP contribution in [-0.2, 0) is 0 Å². The fourth-order valence-electron chi connectivity index (χ4n) is 3.98. The fraction of sp³-hybridized carbons (Fsp3) is 0.222. The zero-order chi connectivity index (χ0) is 23.7. The summed E-state index contributed by atoms with van der Waals surface area (Å²) in [5.74, 6) is 0.507. The molecule has 1 heterocycles. The van der Waals surface area contributed by atoms with Gasteiger partial charge in [-0.15, -0.1) is 0 Å². The van der Waals surface area contributed by atoms with Crippen molar-refractivity contribution in [3.63, 3.8) is 0 Å². The zero-order valence-corrected chi connectivity index (χ0v) is 19.6. The van der Waals surface area contributed by atoms with Crippen molar-refractivity contribution < 1.29 is 4.79 Å². The molecule has 4 aromatic rings. The van der Waals surface area contributed by atoms with Crippen molar-refractivity contribution in [2.45, 2.75) is 33.7 Å². The maximum absolute atomic E-state index is 13.6. The molecule has 0 fully saturated rings. The molecule has 0 aliphatic rings. The quantitative estimate of drug-likeness (QED) is 0.453. The van der Waals surface area contributed by atoms with Crippen molar-refractivity contribution in [2.24, 2.45) is 0 Å². The third kappa shape index (κ3) is 4.24. The molecule has 4 rings (SSSR count). The van der Waals surface area contributed by atoms with E-state index in [-0.39, 0.29) is 11.6 Å². The number of carbonyl (C=O) groups excluding carboxylic acids is 1. The normalized spacial score (nSPS) is 11.9. The van der Waals surface area contributed by atoms with Gasteiger partial charge >= 0.3 is 6.03 Å². The number of para-hydroxylation sites is 2. The van der Waals surface area contributed by atoms with Crippen molar-refractivity contribution in [1.29, 1.82) is 0 Å². The van der Waals surface area contributed by atoms with Gasteiger partial charge in [0.1, 0.15) is 5.82 Å². The number of urea groups is 1. The van der Waals surface area contributed by atoms with Gasteiger partial charge < -0.3 is 10.2 Å². The van der Waals surface area contributed by atoms with Gasteiger partial charge in [0.25, 0.3) is 5.56 Å². The molecular weight excluding hydrogens is 412 g/mol. The smallest absolute Gasteiger partial charge is 0.318 e. The third-order valence-corrected chi connectivity index (χ3v) is 6.06. The average molecular weight is 441 g/mol. The van der Waals surface area contributed by atoms with Crippen LogP contribution in [0, 0.1) is 20.8 Å². The maximum Gasteiger partial charge on any atom is 0.322 e. The van der Waals surface area contributed by atoms with E-state index in [4.69, 9.17) is 4.98 Å². The lowest BCUT2D eigenvalue weighted by molar-refractivity contribution is 0.205. The minimum Gasteiger partial charge on any atom is -0.318 e. The molecule has 1 N–H and O–H groups in total. The summed E-state index contributed by atoms with van der Waals surface area (Å²) in [5.41, 5.74) is 5.03. The van der Waals surface area contributed by atoms with E-state index in [1.807, 2.05) is 88.4 Å². The van der Waals surface area contributed by atoms with Crippen molar-refractivity contribution in [1.82, 2.24) is 14.5 Å². The molecule has 0 aliphatic heterocycles. The number of rotatable bonds is 4. The van der Waals surface area contributed by atoms with E-state index >= 15 is 0 Å². The van der Waals surface area contributed by atoms with Crippen LogP contribution in [0.3, 0.4) is 0 Å². The summed E-state index contributed by atoms with van der Waals surface area (Å²) >= 11 is 0. The van der Waals surface area contributed by atoms with Gasteiger partial charge in [0.2, 0.25) is 0 Å². The third-order valence-electron chi connectivity index (χ3n) is 6.06. The highest BCUT2D eigenvalue weighted by Crippen LogP contribution is 2.25. The molecule has 3 aromatic carbocycles. The van der Waals surface area contributed by atoms with E-state index in [2.05, 4.69) is 5.32 Å². The Hall–Kier alpha value is -3.93. The number of hydrogen-bond acceptors (Lipinski definition) is 3. The number of aromatic nitrogens is 2. The van der Waals surface area contributed by atoms with Crippen molar-refractivity contribution in [3.05, 3.63) is 99.6 Å². The van der Waals surface area contributed by atoms with E-state index in [1.165, 1.54) is 0 Å². The Morgan fingerprint density at radius 2 is 1.67 bits per heavy atom. The summed E-state index contributed by atoms with van der Waals surface area (Å²) in [5, 5.41) is 3.50. The van der Waals surface area contributed by atoms with Gasteiger partial charge in [-0.1, -0.05) is 48.0 Å². The predicted octanol–water partition coefficient (Wildman–Crippen LogP) is 5.54. The first-order valence-corrected chi connectivity index (χ1v) is 11.0. The summed E-state index contributed by atoms with van der Waals surface area (Å²) in [4.78, 5) is 33.1. The second-order valence-corrected chi connectivity index (χ2v) is 8.45. The van der Waals surface area contributed by atoms with Crippen molar-refractivity contribution >= 4 is 22.6 Å². The van der Waals surface area contributed by atoms with Crippen LogP contribution >= 0.6 is 0 Å². The molecule has 0 radical (unpaired) electrons. The minimum absolute atomic E-state index is 0.151. The van der Waals surface area contributed by atoms with Gasteiger partial charge in [-0.25, -0.2) is 9.78 Å². The van der Waals surface area contributed by atoms with Gasteiger partial charge in [0, 0.05) is 12.7 Å². The van der Waals surface area contributed by atoms with Crippen LogP contribution in [0.1, 0.15) is 35.5 Å². The molecule has 0 aliphatic carbocycles. The number of benzene rings is 3. The lowest BCUT2D eigenvalue weighted by atomic mass is 10.1. The maximum atomic E-state index is 13.6. The Labute approximate surface area is 193 Å². The molecule has 33 heavy (non-hydrogen) atoms. The van der Waals surface area contributed by atoms with Crippen LogP contribution in [-0.4, -0.2) is 27.5 Å². The van der Waals surface area contributed by atoms with Crippen LogP contribution in [0.4, 0.5) is 10.5 Å². The van der Waals surface area contributed by atoms with Crippen LogP contribution in [0.2, 0.25) is 0 Å². The van der Waals surface area contributed by atoms with Crippen molar-refractivity contribution in [3.8, 4) is 5.69 Å². The van der Waals surface area contributed by atoms with E-state index in [1.54, 1.807) is 22.6 Å². The first-order valence-electron chi connectivity index (χ1n) is 11.0. The molecule has 0 saturated heterocycles. The number of carbonyl (C=O) groups is 1. The molecule has 1 atom stereocenters. The summed E-state index contributed by atoms with van der Waals surface area (Å²) in [7, 11) is 1.71. The van der Waals surface area contributed by atoms with Gasteiger partial charge in [0.05, 0.1) is 22.6 Å². The monoisotopic (exact) mass is 440 g/mol. The fourth-order valence-corrected chi connectivity index (χ4v) is 3.98. The summed E-state index contributed by atoms with van der Waals surface area (Å²) < 4.78 is 1.64. The molecule has 6 nitrogen and oxygen atoms in total. The van der Waals surface area contributed by atoms with Gasteiger partial charge in [-0.2, -0.15) is 0 Å². The zero-order valence-electron chi connectivity index (χ0n) is 19.6. The van der Waals surface area contributed by atoms with Gasteiger partial charge in [0.15, 0.2) is 0 Å².